The summed E-state index contributed by atoms with van der Waals surface area (Å²) in [5, 5.41) is 0.567. The van der Waals surface area contributed by atoms with Gasteiger partial charge < -0.3 is 14.2 Å². The highest BCUT2D eigenvalue weighted by atomic mass is 35.5. The van der Waals surface area contributed by atoms with Crippen LogP contribution in [0.5, 0.6) is 0 Å². The van der Waals surface area contributed by atoms with Gasteiger partial charge >= 0.3 is 17.9 Å². The minimum Gasteiger partial charge on any atom is -0.464 e. The van der Waals surface area contributed by atoms with Gasteiger partial charge in [-0.3, -0.25) is 14.5 Å². The van der Waals surface area contributed by atoms with Gasteiger partial charge in [-0.25, -0.2) is 4.79 Å². The molecule has 0 N–H and O–H groups in total. The molecule has 0 unspecified atom stereocenters. The third-order valence-electron chi connectivity index (χ3n) is 6.25. The van der Waals surface area contributed by atoms with Gasteiger partial charge in [-0.05, 0) is 61.3 Å². The quantitative estimate of drug-likeness (QED) is 0.0964. The molecule has 2 aromatic carbocycles. The first-order valence-corrected chi connectivity index (χ1v) is 15.5. The number of halogens is 1. The van der Waals surface area contributed by atoms with E-state index in [9.17, 15) is 14.4 Å². The summed E-state index contributed by atoms with van der Waals surface area (Å²) in [6, 6.07) is 16.8. The summed E-state index contributed by atoms with van der Waals surface area (Å²) in [6.07, 6.45) is 3.25. The first kappa shape index (κ1) is 37.0. The molecule has 0 amide bonds. The van der Waals surface area contributed by atoms with Gasteiger partial charge in [0, 0.05) is 30.2 Å². The molecule has 44 heavy (non-hydrogen) atoms. The zero-order valence-electron chi connectivity index (χ0n) is 27.8. The highest BCUT2D eigenvalue weighted by Crippen LogP contribution is 2.32. The zero-order chi connectivity index (χ0) is 33.1. The monoisotopic (exact) mass is 627 g/mol. The maximum Gasteiger partial charge on any atom is 0.330 e. The molecule has 0 saturated carbocycles. The van der Waals surface area contributed by atoms with Crippen molar-refractivity contribution in [2.45, 2.75) is 86.9 Å². The molecule has 0 bridgehead atoms. The molecular weight excluding hydrogens is 578 g/mol. The molecule has 0 saturated heterocycles. The fraction of sp³-hybridized carbons (Fsp3) is 0.528. The highest BCUT2D eigenvalue weighted by Gasteiger charge is 2.36. The number of hydrogen-bond acceptors (Lipinski definition) is 7. The zero-order valence-corrected chi connectivity index (χ0v) is 28.6. The van der Waals surface area contributed by atoms with Crippen molar-refractivity contribution >= 4 is 29.5 Å². The fourth-order valence-corrected chi connectivity index (χ4v) is 4.34. The summed E-state index contributed by atoms with van der Waals surface area (Å²) in [4.78, 5) is 41.7. The van der Waals surface area contributed by atoms with E-state index >= 15 is 0 Å². The van der Waals surface area contributed by atoms with Crippen molar-refractivity contribution < 1.29 is 28.6 Å². The third-order valence-corrected chi connectivity index (χ3v) is 6.50. The summed E-state index contributed by atoms with van der Waals surface area (Å²) < 4.78 is 16.8. The highest BCUT2D eigenvalue weighted by molar-refractivity contribution is 6.30. The normalized spacial score (nSPS) is 13.3. The Bertz CT molecular complexity index is 1210. The molecule has 2 aromatic rings. The number of rotatable bonds is 13. The van der Waals surface area contributed by atoms with Gasteiger partial charge in [0.25, 0.3) is 0 Å². The molecule has 0 fully saturated rings. The van der Waals surface area contributed by atoms with E-state index in [-0.39, 0.29) is 30.5 Å². The molecule has 7 nitrogen and oxygen atoms in total. The van der Waals surface area contributed by atoms with E-state index in [4.69, 9.17) is 25.8 Å². The summed E-state index contributed by atoms with van der Waals surface area (Å²) in [5.74, 6) is -2.87. The maximum atomic E-state index is 13.6. The van der Waals surface area contributed by atoms with E-state index in [0.29, 0.717) is 18.1 Å². The molecule has 0 aliphatic heterocycles. The van der Waals surface area contributed by atoms with Gasteiger partial charge in [-0.1, -0.05) is 102 Å². The standard InChI is InChI=1S/C36H50ClNO6/c1-34(2,3)24-42-32(40)29(33(41)43-25-35(4,5)6)22-30(27-17-19-28(37)20-18-27)38(23-26-14-11-10-12-15-26)21-13-16-31(39)44-36(7,8)9/h10-20,29-30H,21-25H2,1-9H3/b16-13+/t30-/m1/s1. The first-order chi connectivity index (χ1) is 20.3. The SMILES string of the molecule is CC(C)(C)COC(=O)C(C[C@H](c1ccc(Cl)cc1)N(C/C=C/C(=O)OC(C)(C)C)Cc1ccccc1)C(=O)OCC(C)(C)C. The van der Waals surface area contributed by atoms with Gasteiger partial charge in [0.1, 0.15) is 5.60 Å². The molecule has 0 radical (unpaired) electrons. The van der Waals surface area contributed by atoms with Crippen molar-refractivity contribution in [1.82, 2.24) is 4.90 Å². The smallest absolute Gasteiger partial charge is 0.330 e. The Morgan fingerprint density at radius 2 is 1.32 bits per heavy atom. The number of esters is 3. The molecule has 242 valence electrons. The van der Waals surface area contributed by atoms with Crippen LogP contribution in [0.25, 0.3) is 0 Å². The summed E-state index contributed by atoms with van der Waals surface area (Å²) in [6.45, 7) is 18.3. The van der Waals surface area contributed by atoms with Crippen LogP contribution in [0.3, 0.4) is 0 Å². The van der Waals surface area contributed by atoms with E-state index < -0.39 is 35.5 Å². The van der Waals surface area contributed by atoms with Gasteiger partial charge in [0.05, 0.1) is 13.2 Å². The van der Waals surface area contributed by atoms with Crippen molar-refractivity contribution in [2.75, 3.05) is 19.8 Å². The number of carbonyl (C=O) groups is 3. The largest absolute Gasteiger partial charge is 0.464 e. The van der Waals surface area contributed by atoms with Gasteiger partial charge in [-0.15, -0.1) is 0 Å². The number of ether oxygens (including phenoxy) is 3. The van der Waals surface area contributed by atoms with Crippen LogP contribution in [0.2, 0.25) is 5.02 Å². The van der Waals surface area contributed by atoms with Gasteiger partial charge in [-0.2, -0.15) is 0 Å². The summed E-state index contributed by atoms with van der Waals surface area (Å²) >= 11 is 6.25. The number of nitrogens with zero attached hydrogens (tertiary/aromatic N) is 1. The molecule has 1 atom stereocenters. The first-order valence-electron chi connectivity index (χ1n) is 15.1. The average Bonchev–Trinajstić information content (AvgIpc) is 2.90. The fourth-order valence-electron chi connectivity index (χ4n) is 4.21. The number of hydrogen-bond donors (Lipinski definition) is 0. The van der Waals surface area contributed by atoms with Crippen LogP contribution < -0.4 is 0 Å². The van der Waals surface area contributed by atoms with Gasteiger partial charge in [0.15, 0.2) is 5.92 Å². The third kappa shape index (κ3) is 14.5. The van der Waals surface area contributed by atoms with E-state index in [1.807, 2.05) is 105 Å². The lowest BCUT2D eigenvalue weighted by molar-refractivity contribution is -0.166. The second kappa shape index (κ2) is 16.2. The number of carbonyl (C=O) groups excluding carboxylic acids is 3. The Morgan fingerprint density at radius 3 is 1.80 bits per heavy atom. The minimum atomic E-state index is -1.17. The summed E-state index contributed by atoms with van der Waals surface area (Å²) in [5.41, 5.74) is 0.700. The molecule has 0 spiro atoms. The van der Waals surface area contributed by atoms with E-state index in [2.05, 4.69) is 4.90 Å². The van der Waals surface area contributed by atoms with Crippen molar-refractivity contribution in [3.05, 3.63) is 82.9 Å². The second-order valence-corrected chi connectivity index (χ2v) is 15.0. The minimum absolute atomic E-state index is 0.0979. The van der Waals surface area contributed by atoms with Crippen LogP contribution in [0.4, 0.5) is 0 Å². The van der Waals surface area contributed by atoms with Crippen molar-refractivity contribution in [1.29, 1.82) is 0 Å². The topological polar surface area (TPSA) is 82.1 Å². The van der Waals surface area contributed by atoms with Crippen LogP contribution in [-0.4, -0.2) is 48.2 Å². The molecule has 2 rings (SSSR count). The van der Waals surface area contributed by atoms with E-state index in [1.165, 1.54) is 6.08 Å². The van der Waals surface area contributed by atoms with Gasteiger partial charge in [0.2, 0.25) is 0 Å². The molecular formula is C36H50ClNO6. The Kier molecular flexibility index (Phi) is 13.7. The number of benzene rings is 2. The van der Waals surface area contributed by atoms with Crippen molar-refractivity contribution in [3.63, 3.8) is 0 Å². The average molecular weight is 628 g/mol. The van der Waals surface area contributed by atoms with Crippen LogP contribution in [-0.2, 0) is 35.1 Å². The predicted molar refractivity (Wildman–Crippen MR) is 175 cm³/mol. The molecule has 8 heteroatoms. The predicted octanol–water partition coefficient (Wildman–Crippen LogP) is 7.97. The Hall–Kier alpha value is -3.16. The molecule has 0 heterocycles. The maximum absolute atomic E-state index is 13.6. The van der Waals surface area contributed by atoms with E-state index in [0.717, 1.165) is 11.1 Å². The van der Waals surface area contributed by atoms with Crippen LogP contribution >= 0.6 is 11.6 Å². The van der Waals surface area contributed by atoms with Crippen molar-refractivity contribution in [3.8, 4) is 0 Å². The summed E-state index contributed by atoms with van der Waals surface area (Å²) in [7, 11) is 0. The molecule has 0 aliphatic rings. The Morgan fingerprint density at radius 1 is 0.795 bits per heavy atom. The Labute approximate surface area is 268 Å². The van der Waals surface area contributed by atoms with E-state index in [1.54, 1.807) is 18.2 Å². The van der Waals surface area contributed by atoms with Crippen LogP contribution in [0, 0.1) is 16.7 Å². The van der Waals surface area contributed by atoms with Crippen LogP contribution in [0.15, 0.2) is 66.7 Å². The molecule has 0 aliphatic carbocycles. The van der Waals surface area contributed by atoms with Crippen LogP contribution in [0.1, 0.15) is 85.9 Å². The molecule has 0 aromatic heterocycles. The lowest BCUT2D eigenvalue weighted by atomic mass is 9.92. The van der Waals surface area contributed by atoms with Crippen molar-refractivity contribution in [2.24, 2.45) is 16.7 Å². The lowest BCUT2D eigenvalue weighted by Gasteiger charge is -2.33. The Balaban J connectivity index is 2.54. The second-order valence-electron chi connectivity index (χ2n) is 14.5. The lowest BCUT2D eigenvalue weighted by Crippen LogP contribution is -2.37.